The highest BCUT2D eigenvalue weighted by Gasteiger charge is 2.35. The van der Waals surface area contributed by atoms with Crippen molar-refractivity contribution in [2.75, 3.05) is 9.80 Å². The van der Waals surface area contributed by atoms with E-state index in [9.17, 15) is 0 Å². The summed E-state index contributed by atoms with van der Waals surface area (Å²) in [5, 5.41) is 0. The van der Waals surface area contributed by atoms with Gasteiger partial charge in [-0.3, -0.25) is 0 Å². The third-order valence-corrected chi connectivity index (χ3v) is 5.02. The largest absolute Gasteiger partial charge is 0.366 e. The Bertz CT molecular complexity index is 899. The number of aryl methyl sites for hydroxylation is 3. The number of hydrogen-bond acceptors (Lipinski definition) is 2. The molecule has 0 N–H and O–H groups in total. The van der Waals surface area contributed by atoms with Crippen LogP contribution >= 0.6 is 0 Å². The molecule has 0 radical (unpaired) electrons. The Hall–Kier alpha value is -2.75. The Labute approximate surface area is 142 Å². The van der Waals surface area contributed by atoms with E-state index in [1.807, 2.05) is 0 Å². The van der Waals surface area contributed by atoms with Crippen molar-refractivity contribution < 1.29 is 4.57 Å². The zero-order valence-corrected chi connectivity index (χ0v) is 14.6. The molecule has 2 heterocycles. The van der Waals surface area contributed by atoms with Crippen molar-refractivity contribution >= 4 is 22.7 Å². The van der Waals surface area contributed by atoms with E-state index >= 15 is 0 Å². The van der Waals surface area contributed by atoms with Crippen molar-refractivity contribution in [3.63, 3.8) is 0 Å². The van der Waals surface area contributed by atoms with Crippen LogP contribution in [0.3, 0.4) is 0 Å². The van der Waals surface area contributed by atoms with Crippen LogP contribution in [0.2, 0.25) is 0 Å². The molecule has 1 atom stereocenters. The van der Waals surface area contributed by atoms with E-state index in [1.165, 1.54) is 28.2 Å². The third-order valence-electron chi connectivity index (χ3n) is 5.02. The van der Waals surface area contributed by atoms with Crippen molar-refractivity contribution in [3.05, 3.63) is 66.5 Å². The van der Waals surface area contributed by atoms with Crippen LogP contribution in [0, 0.1) is 6.92 Å². The second kappa shape index (κ2) is 5.41. The maximum Gasteiger partial charge on any atom is 0.366 e. The van der Waals surface area contributed by atoms with Gasteiger partial charge in [0, 0.05) is 11.9 Å². The smallest absolute Gasteiger partial charge is 0.312 e. The Morgan fingerprint density at radius 1 is 0.917 bits per heavy atom. The Morgan fingerprint density at radius 2 is 1.58 bits per heavy atom. The van der Waals surface area contributed by atoms with E-state index in [2.05, 4.69) is 108 Å². The first-order valence-electron chi connectivity index (χ1n) is 8.33. The van der Waals surface area contributed by atoms with Gasteiger partial charge in [0.15, 0.2) is 6.17 Å². The minimum atomic E-state index is 0.223. The summed E-state index contributed by atoms with van der Waals surface area (Å²) in [5.41, 5.74) is 5.03. The average Bonchev–Trinajstić information content (AvgIpc) is 3.07. The molecule has 4 heteroatoms. The Balaban J connectivity index is 1.78. The molecule has 0 saturated heterocycles. The van der Waals surface area contributed by atoms with Crippen LogP contribution in [0.25, 0.3) is 11.0 Å². The molecule has 0 aliphatic carbocycles. The van der Waals surface area contributed by atoms with Crippen LogP contribution in [0.4, 0.5) is 11.6 Å². The first-order valence-corrected chi connectivity index (χ1v) is 8.33. The summed E-state index contributed by atoms with van der Waals surface area (Å²) in [7, 11) is 4.27. The fourth-order valence-electron chi connectivity index (χ4n) is 3.71. The number of nitrogens with zero attached hydrogens (tertiary/aromatic N) is 4. The minimum absolute atomic E-state index is 0.223. The highest BCUT2D eigenvalue weighted by molar-refractivity contribution is 5.75. The van der Waals surface area contributed by atoms with Crippen LogP contribution in [0.15, 0.2) is 60.9 Å². The van der Waals surface area contributed by atoms with Gasteiger partial charge in [-0.25, -0.2) is 14.0 Å². The number of rotatable bonds is 2. The number of fused-ring (bicyclic) bond motifs is 1. The molecule has 122 valence electrons. The standard InChI is InChI=1S/C20H23N4/c1-15-9-5-6-10-17(15)23-13-14-24(16(23)2)20-21(3)18-11-7-8-12-19(18)22(20)4/h5-14,16H,1-4H3/q+1/t16-/m1/s1. The lowest BCUT2D eigenvalue weighted by Crippen LogP contribution is -2.43. The molecular formula is C20H23N4+. The fourth-order valence-corrected chi connectivity index (χ4v) is 3.71. The van der Waals surface area contributed by atoms with E-state index in [-0.39, 0.29) is 6.17 Å². The molecule has 0 unspecified atom stereocenters. The summed E-state index contributed by atoms with van der Waals surface area (Å²) in [6, 6.07) is 17.1. The molecule has 1 aliphatic rings. The summed E-state index contributed by atoms with van der Waals surface area (Å²) in [6.07, 6.45) is 4.57. The molecule has 24 heavy (non-hydrogen) atoms. The van der Waals surface area contributed by atoms with Crippen molar-refractivity contribution in [1.29, 1.82) is 0 Å². The minimum Gasteiger partial charge on any atom is -0.312 e. The summed E-state index contributed by atoms with van der Waals surface area (Å²) >= 11 is 0. The maximum atomic E-state index is 2.33. The van der Waals surface area contributed by atoms with Gasteiger partial charge in [0.1, 0.15) is 11.0 Å². The normalized spacial score (nSPS) is 17.2. The topological polar surface area (TPSA) is 15.3 Å². The molecule has 1 aliphatic heterocycles. The molecule has 4 rings (SSSR count). The predicted octanol–water partition coefficient (Wildman–Crippen LogP) is 3.46. The number of anilines is 2. The zero-order valence-electron chi connectivity index (χ0n) is 14.6. The quantitative estimate of drug-likeness (QED) is 0.672. The van der Waals surface area contributed by atoms with Gasteiger partial charge in [-0.05, 0) is 37.6 Å². The summed E-state index contributed by atoms with van der Waals surface area (Å²) in [4.78, 5) is 4.65. The molecule has 1 aromatic heterocycles. The molecule has 0 saturated carbocycles. The van der Waals surface area contributed by atoms with Gasteiger partial charge in [0.2, 0.25) is 0 Å². The molecule has 2 aromatic carbocycles. The number of benzene rings is 2. The van der Waals surface area contributed by atoms with Crippen LogP contribution in [-0.4, -0.2) is 10.7 Å². The number of imidazole rings is 1. The molecule has 0 spiro atoms. The van der Waals surface area contributed by atoms with E-state index in [4.69, 9.17) is 0 Å². The van der Waals surface area contributed by atoms with E-state index in [1.54, 1.807) is 0 Å². The number of aromatic nitrogens is 2. The van der Waals surface area contributed by atoms with Gasteiger partial charge in [-0.15, -0.1) is 0 Å². The highest BCUT2D eigenvalue weighted by Crippen LogP contribution is 2.30. The third kappa shape index (κ3) is 2.03. The first kappa shape index (κ1) is 14.8. The highest BCUT2D eigenvalue weighted by atomic mass is 15.5. The van der Waals surface area contributed by atoms with Gasteiger partial charge in [-0.1, -0.05) is 30.3 Å². The maximum absolute atomic E-state index is 2.33. The zero-order chi connectivity index (χ0) is 16.8. The van der Waals surface area contributed by atoms with Crippen LogP contribution in [0.1, 0.15) is 12.5 Å². The molecule has 4 nitrogen and oxygen atoms in total. The lowest BCUT2D eigenvalue weighted by Gasteiger charge is -2.26. The van der Waals surface area contributed by atoms with E-state index < -0.39 is 0 Å². The van der Waals surface area contributed by atoms with Gasteiger partial charge >= 0.3 is 5.95 Å². The second-order valence-electron chi connectivity index (χ2n) is 6.44. The average molecular weight is 319 g/mol. The molecule has 0 bridgehead atoms. The summed E-state index contributed by atoms with van der Waals surface area (Å²) in [6.45, 7) is 4.40. The molecule has 0 amide bonds. The van der Waals surface area contributed by atoms with E-state index in [0.717, 1.165) is 0 Å². The molecular weight excluding hydrogens is 296 g/mol. The van der Waals surface area contributed by atoms with Crippen LogP contribution in [-0.2, 0) is 14.1 Å². The van der Waals surface area contributed by atoms with Gasteiger partial charge in [-0.2, -0.15) is 0 Å². The Morgan fingerprint density at radius 3 is 2.33 bits per heavy atom. The van der Waals surface area contributed by atoms with Gasteiger partial charge in [0.05, 0.1) is 20.3 Å². The van der Waals surface area contributed by atoms with E-state index in [0.29, 0.717) is 0 Å². The second-order valence-corrected chi connectivity index (χ2v) is 6.44. The molecule has 0 fully saturated rings. The van der Waals surface area contributed by atoms with Crippen molar-refractivity contribution in [3.8, 4) is 0 Å². The van der Waals surface area contributed by atoms with Crippen LogP contribution in [0.5, 0.6) is 0 Å². The summed E-state index contributed by atoms with van der Waals surface area (Å²) in [5.74, 6) is 1.18. The van der Waals surface area contributed by atoms with Gasteiger partial charge in [0.25, 0.3) is 0 Å². The monoisotopic (exact) mass is 319 g/mol. The van der Waals surface area contributed by atoms with Crippen LogP contribution < -0.4 is 14.4 Å². The fraction of sp³-hybridized carbons (Fsp3) is 0.250. The van der Waals surface area contributed by atoms with Crippen molar-refractivity contribution in [2.24, 2.45) is 14.1 Å². The number of hydrogen-bond donors (Lipinski definition) is 0. The SMILES string of the molecule is Cc1ccccc1N1C=CN(c2n(C)c3ccccc3[n+]2C)[C@@H]1C. The van der Waals surface area contributed by atoms with Crippen molar-refractivity contribution in [1.82, 2.24) is 4.57 Å². The Kier molecular flexibility index (Phi) is 3.34. The summed E-state index contributed by atoms with van der Waals surface area (Å²) < 4.78 is 4.52. The number of para-hydroxylation sites is 3. The predicted molar refractivity (Wildman–Crippen MR) is 98.8 cm³/mol. The first-order chi connectivity index (χ1) is 11.6. The lowest BCUT2D eigenvalue weighted by atomic mass is 10.2. The lowest BCUT2D eigenvalue weighted by molar-refractivity contribution is -0.632. The van der Waals surface area contributed by atoms with Gasteiger partial charge < -0.3 is 4.90 Å². The molecule has 3 aromatic rings. The van der Waals surface area contributed by atoms with Crippen molar-refractivity contribution in [2.45, 2.75) is 20.0 Å².